The van der Waals surface area contributed by atoms with Crippen molar-refractivity contribution in [3.8, 4) is 11.5 Å². The van der Waals surface area contributed by atoms with Crippen molar-refractivity contribution in [3.05, 3.63) is 51.2 Å². The number of carbonyl (C=O) groups excluding carboxylic acids is 1. The van der Waals surface area contributed by atoms with Crippen LogP contribution in [0.4, 0.5) is 0 Å². The average Bonchev–Trinajstić information content (AvgIpc) is 2.99. The molecule has 1 aliphatic rings. The van der Waals surface area contributed by atoms with Crippen LogP contribution in [0.1, 0.15) is 17.3 Å². The van der Waals surface area contributed by atoms with Crippen LogP contribution in [-0.4, -0.2) is 23.7 Å². The summed E-state index contributed by atoms with van der Waals surface area (Å²) in [5.74, 6) is 0.967. The van der Waals surface area contributed by atoms with Crippen LogP contribution in [0.15, 0.2) is 45.9 Å². The number of fused-ring (bicyclic) bond motifs is 2. The Morgan fingerprint density at radius 3 is 2.84 bits per heavy atom. The summed E-state index contributed by atoms with van der Waals surface area (Å²) in [5, 5.41) is 0. The minimum Gasteiger partial charge on any atom is -0.486 e. The minimum atomic E-state index is -0.290. The highest BCUT2D eigenvalue weighted by Crippen LogP contribution is 2.31. The van der Waals surface area contributed by atoms with Gasteiger partial charge in [-0.2, -0.15) is 4.99 Å². The van der Waals surface area contributed by atoms with Gasteiger partial charge in [0.2, 0.25) is 0 Å². The van der Waals surface area contributed by atoms with Gasteiger partial charge in [0.1, 0.15) is 13.2 Å². The van der Waals surface area contributed by atoms with E-state index in [-0.39, 0.29) is 5.91 Å². The van der Waals surface area contributed by atoms with Crippen molar-refractivity contribution in [2.75, 3.05) is 13.2 Å². The molecule has 1 aliphatic heterocycles. The summed E-state index contributed by atoms with van der Waals surface area (Å²) in [6, 6.07) is 11.2. The third-order valence-electron chi connectivity index (χ3n) is 3.95. The highest BCUT2D eigenvalue weighted by atomic mass is 79.9. The first-order chi connectivity index (χ1) is 12.2. The van der Waals surface area contributed by atoms with E-state index in [1.54, 1.807) is 18.2 Å². The number of rotatable bonds is 2. The van der Waals surface area contributed by atoms with Crippen molar-refractivity contribution >= 4 is 43.4 Å². The molecule has 4 rings (SSSR count). The summed E-state index contributed by atoms with van der Waals surface area (Å²) < 4.78 is 15.2. The Hall–Kier alpha value is -2.12. The standard InChI is InChI=1S/C18H15BrN2O3S/c1-2-21-16-12(19)4-3-5-15(16)25-18(21)20-17(22)11-6-7-13-14(10-11)24-9-8-23-13/h3-7,10H,2,8-9H2,1H3. The van der Waals surface area contributed by atoms with Gasteiger partial charge in [-0.25, -0.2) is 0 Å². The number of ether oxygens (including phenoxy) is 2. The number of aryl methyl sites for hydroxylation is 1. The lowest BCUT2D eigenvalue weighted by Gasteiger charge is -2.18. The van der Waals surface area contributed by atoms with Crippen molar-refractivity contribution in [1.82, 2.24) is 4.57 Å². The van der Waals surface area contributed by atoms with Crippen LogP contribution in [0.3, 0.4) is 0 Å². The molecule has 1 aromatic heterocycles. The molecule has 0 saturated heterocycles. The summed E-state index contributed by atoms with van der Waals surface area (Å²) in [5.41, 5.74) is 1.55. The topological polar surface area (TPSA) is 52.8 Å². The summed E-state index contributed by atoms with van der Waals surface area (Å²) >= 11 is 5.09. The van der Waals surface area contributed by atoms with Gasteiger partial charge in [0, 0.05) is 16.6 Å². The van der Waals surface area contributed by atoms with Gasteiger partial charge in [-0.05, 0) is 53.2 Å². The Morgan fingerprint density at radius 1 is 1.24 bits per heavy atom. The molecule has 128 valence electrons. The zero-order chi connectivity index (χ0) is 17.4. The van der Waals surface area contributed by atoms with E-state index in [4.69, 9.17) is 9.47 Å². The van der Waals surface area contributed by atoms with Crippen molar-refractivity contribution in [3.63, 3.8) is 0 Å². The second-order valence-corrected chi connectivity index (χ2v) is 7.35. The molecular formula is C18H15BrN2O3S. The lowest BCUT2D eigenvalue weighted by Crippen LogP contribution is -2.17. The van der Waals surface area contributed by atoms with Gasteiger partial charge in [0.25, 0.3) is 5.91 Å². The normalized spacial score (nSPS) is 14.1. The molecular weight excluding hydrogens is 404 g/mol. The van der Waals surface area contributed by atoms with Crippen LogP contribution in [0.25, 0.3) is 10.2 Å². The first-order valence-electron chi connectivity index (χ1n) is 7.94. The van der Waals surface area contributed by atoms with E-state index < -0.39 is 0 Å². The van der Waals surface area contributed by atoms with Crippen molar-refractivity contribution in [1.29, 1.82) is 0 Å². The second-order valence-electron chi connectivity index (χ2n) is 5.49. The minimum absolute atomic E-state index is 0.290. The predicted molar refractivity (Wildman–Crippen MR) is 101 cm³/mol. The molecule has 2 heterocycles. The Labute approximate surface area is 156 Å². The number of hydrogen-bond donors (Lipinski definition) is 0. The third kappa shape index (κ3) is 2.98. The Kier molecular flexibility index (Phi) is 4.35. The number of amides is 1. The zero-order valence-electron chi connectivity index (χ0n) is 13.5. The highest BCUT2D eigenvalue weighted by molar-refractivity contribution is 9.10. The highest BCUT2D eigenvalue weighted by Gasteiger charge is 2.15. The van der Waals surface area contributed by atoms with E-state index in [0.717, 1.165) is 21.2 Å². The zero-order valence-corrected chi connectivity index (χ0v) is 15.9. The van der Waals surface area contributed by atoms with Crippen molar-refractivity contribution in [2.45, 2.75) is 13.5 Å². The number of halogens is 1. The van der Waals surface area contributed by atoms with Gasteiger partial charge in [-0.15, -0.1) is 0 Å². The number of para-hydroxylation sites is 1. The SMILES string of the molecule is CCn1c(=NC(=O)c2ccc3c(c2)OCCO3)sc2cccc(Br)c21. The molecule has 2 aromatic carbocycles. The molecule has 0 saturated carbocycles. The first kappa shape index (κ1) is 16.4. The van der Waals surface area contributed by atoms with E-state index in [1.165, 1.54) is 11.3 Å². The van der Waals surface area contributed by atoms with Gasteiger partial charge in [-0.1, -0.05) is 17.4 Å². The lowest BCUT2D eigenvalue weighted by atomic mass is 10.2. The first-order valence-corrected chi connectivity index (χ1v) is 9.55. The number of thiazole rings is 1. The molecule has 3 aromatic rings. The van der Waals surface area contributed by atoms with Crippen molar-refractivity contribution < 1.29 is 14.3 Å². The quantitative estimate of drug-likeness (QED) is 0.631. The molecule has 1 amide bonds. The summed E-state index contributed by atoms with van der Waals surface area (Å²) in [7, 11) is 0. The maximum Gasteiger partial charge on any atom is 0.279 e. The largest absolute Gasteiger partial charge is 0.486 e. The van der Waals surface area contributed by atoms with E-state index in [9.17, 15) is 4.79 Å². The van der Waals surface area contributed by atoms with Crippen molar-refractivity contribution in [2.24, 2.45) is 4.99 Å². The van der Waals surface area contributed by atoms with Crippen LogP contribution in [0, 0.1) is 0 Å². The number of benzene rings is 2. The van der Waals surface area contributed by atoms with E-state index in [1.807, 2.05) is 29.7 Å². The molecule has 0 fully saturated rings. The summed E-state index contributed by atoms with van der Waals surface area (Å²) in [4.78, 5) is 17.7. The fourth-order valence-electron chi connectivity index (χ4n) is 2.79. The summed E-state index contributed by atoms with van der Waals surface area (Å²) in [6.07, 6.45) is 0. The molecule has 0 bridgehead atoms. The van der Waals surface area contributed by atoms with E-state index in [0.29, 0.717) is 35.1 Å². The molecule has 0 spiro atoms. The monoisotopic (exact) mass is 418 g/mol. The maximum absolute atomic E-state index is 12.6. The number of nitrogens with zero attached hydrogens (tertiary/aromatic N) is 2. The van der Waals surface area contributed by atoms with Gasteiger partial charge in [-0.3, -0.25) is 4.79 Å². The second kappa shape index (κ2) is 6.65. The Morgan fingerprint density at radius 2 is 2.04 bits per heavy atom. The van der Waals surface area contributed by atoms with E-state index in [2.05, 4.69) is 20.9 Å². The van der Waals surface area contributed by atoms with Crippen LogP contribution < -0.4 is 14.3 Å². The molecule has 0 unspecified atom stereocenters. The number of hydrogen-bond acceptors (Lipinski definition) is 4. The Balaban J connectivity index is 1.79. The fourth-order valence-corrected chi connectivity index (χ4v) is 4.62. The van der Waals surface area contributed by atoms with Gasteiger partial charge in [0.15, 0.2) is 16.3 Å². The van der Waals surface area contributed by atoms with E-state index >= 15 is 0 Å². The van der Waals surface area contributed by atoms with Gasteiger partial charge in [0.05, 0.1) is 10.2 Å². The molecule has 5 nitrogen and oxygen atoms in total. The fraction of sp³-hybridized carbons (Fsp3) is 0.222. The predicted octanol–water partition coefficient (Wildman–Crippen LogP) is 4.00. The third-order valence-corrected chi connectivity index (χ3v) is 5.64. The molecule has 0 atom stereocenters. The van der Waals surface area contributed by atoms with Gasteiger partial charge >= 0.3 is 0 Å². The Bertz CT molecular complexity index is 1040. The molecule has 0 radical (unpaired) electrons. The smallest absolute Gasteiger partial charge is 0.279 e. The molecule has 0 N–H and O–H groups in total. The van der Waals surface area contributed by atoms with Crippen LogP contribution >= 0.6 is 27.3 Å². The average molecular weight is 419 g/mol. The van der Waals surface area contributed by atoms with Gasteiger partial charge < -0.3 is 14.0 Å². The molecule has 0 aliphatic carbocycles. The molecule has 7 heteroatoms. The maximum atomic E-state index is 12.6. The number of aromatic nitrogens is 1. The number of carbonyl (C=O) groups is 1. The molecule has 25 heavy (non-hydrogen) atoms. The summed E-state index contributed by atoms with van der Waals surface area (Å²) in [6.45, 7) is 3.79. The van der Waals surface area contributed by atoms with Crippen LogP contribution in [-0.2, 0) is 6.54 Å². The van der Waals surface area contributed by atoms with Crippen LogP contribution in [0.2, 0.25) is 0 Å². The van der Waals surface area contributed by atoms with Crippen LogP contribution in [0.5, 0.6) is 11.5 Å². The lowest BCUT2D eigenvalue weighted by molar-refractivity contribution is 0.0996.